The highest BCUT2D eigenvalue weighted by atomic mass is 19.4. The van der Waals surface area contributed by atoms with Crippen LogP contribution in [0.2, 0.25) is 0 Å². The van der Waals surface area contributed by atoms with Gasteiger partial charge in [-0.15, -0.1) is 0 Å². The van der Waals surface area contributed by atoms with E-state index >= 15 is 0 Å². The Morgan fingerprint density at radius 2 is 1.80 bits per heavy atom. The number of pyridine rings is 1. The molecule has 1 amide bonds. The summed E-state index contributed by atoms with van der Waals surface area (Å²) >= 11 is 0. The van der Waals surface area contributed by atoms with E-state index in [1.807, 2.05) is 0 Å². The molecule has 2 N–H and O–H groups in total. The van der Waals surface area contributed by atoms with Gasteiger partial charge in [0.2, 0.25) is 0 Å². The van der Waals surface area contributed by atoms with Crippen LogP contribution >= 0.6 is 0 Å². The van der Waals surface area contributed by atoms with Gasteiger partial charge in [-0.3, -0.25) is 15.2 Å². The van der Waals surface area contributed by atoms with Crippen LogP contribution in [-0.2, 0) is 10.9 Å². The number of fused-ring (bicyclic) bond motifs is 1. The van der Waals surface area contributed by atoms with Crippen LogP contribution in [0.15, 0.2) is 54.7 Å². The molecule has 2 aromatic carbocycles. The maximum Gasteiger partial charge on any atom is 0.416 e. The zero-order valence-electron chi connectivity index (χ0n) is 15.9. The number of para-hydroxylation sites is 1. The largest absolute Gasteiger partial charge is 0.416 e. The summed E-state index contributed by atoms with van der Waals surface area (Å²) in [7, 11) is 0. The number of hydrogen-bond acceptors (Lipinski definition) is 5. The minimum Gasteiger partial charge on any atom is -0.379 e. The number of morpholine rings is 1. The number of nitrogens with zero attached hydrogens (tertiary/aromatic N) is 2. The van der Waals surface area contributed by atoms with Crippen LogP contribution < -0.4 is 10.7 Å². The molecular formula is C21H19F3N4O2. The third kappa shape index (κ3) is 4.37. The van der Waals surface area contributed by atoms with Crippen molar-refractivity contribution in [1.29, 1.82) is 0 Å². The van der Waals surface area contributed by atoms with Crippen LogP contribution in [0, 0.1) is 0 Å². The maximum absolute atomic E-state index is 13.0. The molecule has 0 saturated carbocycles. The molecule has 1 aliphatic heterocycles. The van der Waals surface area contributed by atoms with Gasteiger partial charge in [-0.1, -0.05) is 18.2 Å². The van der Waals surface area contributed by atoms with Crippen molar-refractivity contribution in [2.24, 2.45) is 0 Å². The molecule has 3 aromatic rings. The molecule has 0 bridgehead atoms. The Morgan fingerprint density at radius 1 is 1.03 bits per heavy atom. The van der Waals surface area contributed by atoms with Crippen LogP contribution in [0.3, 0.4) is 0 Å². The Morgan fingerprint density at radius 3 is 2.57 bits per heavy atom. The Bertz CT molecular complexity index is 1070. The number of halogens is 3. The predicted molar refractivity (Wildman–Crippen MR) is 106 cm³/mol. The number of nitrogens with one attached hydrogen (secondary N) is 2. The molecule has 0 atom stereocenters. The molecular weight excluding hydrogens is 397 g/mol. The average Bonchev–Trinajstić information content (AvgIpc) is 2.74. The number of hydrogen-bond donors (Lipinski definition) is 2. The van der Waals surface area contributed by atoms with E-state index in [0.717, 1.165) is 12.1 Å². The number of carbonyl (C=O) groups excluding carboxylic acids is 1. The van der Waals surface area contributed by atoms with Gasteiger partial charge in [0.1, 0.15) is 0 Å². The first-order valence-corrected chi connectivity index (χ1v) is 9.37. The average molecular weight is 416 g/mol. The Kier molecular flexibility index (Phi) is 5.56. The third-order valence-electron chi connectivity index (χ3n) is 4.78. The van der Waals surface area contributed by atoms with E-state index in [1.165, 1.54) is 12.3 Å². The molecule has 1 saturated heterocycles. The van der Waals surface area contributed by atoms with E-state index in [1.54, 1.807) is 35.3 Å². The van der Waals surface area contributed by atoms with Gasteiger partial charge in [0.25, 0.3) is 5.91 Å². The lowest BCUT2D eigenvalue weighted by Gasteiger charge is -2.27. The summed E-state index contributed by atoms with van der Waals surface area (Å²) in [6.45, 7) is 2.28. The van der Waals surface area contributed by atoms with Crippen molar-refractivity contribution in [2.75, 3.05) is 31.6 Å². The van der Waals surface area contributed by atoms with Crippen molar-refractivity contribution in [3.8, 4) is 0 Å². The fourth-order valence-corrected chi connectivity index (χ4v) is 3.25. The van der Waals surface area contributed by atoms with Gasteiger partial charge in [0.15, 0.2) is 0 Å². The molecule has 6 nitrogen and oxygen atoms in total. The van der Waals surface area contributed by atoms with Crippen LogP contribution in [0.1, 0.15) is 15.9 Å². The van der Waals surface area contributed by atoms with Crippen LogP contribution in [-0.4, -0.2) is 42.2 Å². The SMILES string of the molecule is O=C(NN1CCOCC1)c1ccccc1Nc1ccnc2cc(C(F)(F)F)ccc12. The second kappa shape index (κ2) is 8.29. The fourth-order valence-electron chi connectivity index (χ4n) is 3.25. The number of benzene rings is 2. The zero-order chi connectivity index (χ0) is 21.1. The topological polar surface area (TPSA) is 66.5 Å². The summed E-state index contributed by atoms with van der Waals surface area (Å²) in [5, 5.41) is 5.48. The third-order valence-corrected chi connectivity index (χ3v) is 4.78. The second-order valence-corrected chi connectivity index (χ2v) is 6.80. The lowest BCUT2D eigenvalue weighted by Crippen LogP contribution is -2.48. The van der Waals surface area contributed by atoms with Crippen molar-refractivity contribution in [2.45, 2.75) is 6.18 Å². The van der Waals surface area contributed by atoms with Gasteiger partial charge >= 0.3 is 6.18 Å². The number of aromatic nitrogens is 1. The standard InChI is InChI=1S/C21H19F3N4O2/c22-21(23,24)14-5-6-15-18(7-8-25-19(15)13-14)26-17-4-2-1-3-16(17)20(29)27-28-9-11-30-12-10-28/h1-8,13H,9-12H2,(H,25,26)(H,27,29). The van der Waals surface area contributed by atoms with Crippen molar-refractivity contribution in [3.63, 3.8) is 0 Å². The van der Waals surface area contributed by atoms with E-state index < -0.39 is 11.7 Å². The highest BCUT2D eigenvalue weighted by Crippen LogP contribution is 2.33. The maximum atomic E-state index is 13.0. The number of alkyl halides is 3. The molecule has 9 heteroatoms. The van der Waals surface area contributed by atoms with Crippen molar-refractivity contribution >= 4 is 28.2 Å². The van der Waals surface area contributed by atoms with Gasteiger partial charge in [0.05, 0.1) is 35.5 Å². The monoisotopic (exact) mass is 416 g/mol. The number of ether oxygens (including phenoxy) is 1. The molecule has 1 aliphatic rings. The predicted octanol–water partition coefficient (Wildman–Crippen LogP) is 3.97. The number of anilines is 2. The lowest BCUT2D eigenvalue weighted by molar-refractivity contribution is -0.137. The van der Waals surface area contributed by atoms with Gasteiger partial charge in [-0.25, -0.2) is 5.01 Å². The van der Waals surface area contributed by atoms with Gasteiger partial charge in [0, 0.05) is 30.4 Å². The van der Waals surface area contributed by atoms with Crippen LogP contribution in [0.4, 0.5) is 24.5 Å². The first kappa shape index (κ1) is 20.1. The lowest BCUT2D eigenvalue weighted by atomic mass is 10.1. The first-order chi connectivity index (χ1) is 14.4. The number of hydrazine groups is 1. The Balaban J connectivity index is 1.62. The summed E-state index contributed by atoms with van der Waals surface area (Å²) < 4.78 is 44.3. The summed E-state index contributed by atoms with van der Waals surface area (Å²) in [5.74, 6) is -0.280. The number of carbonyl (C=O) groups is 1. The summed E-state index contributed by atoms with van der Waals surface area (Å²) in [5.41, 5.74) is 3.82. The minimum absolute atomic E-state index is 0.213. The van der Waals surface area contributed by atoms with E-state index in [2.05, 4.69) is 15.7 Å². The molecule has 0 radical (unpaired) electrons. The molecule has 156 valence electrons. The molecule has 1 fully saturated rings. The summed E-state index contributed by atoms with van der Waals surface area (Å²) in [6.07, 6.45) is -3.01. The summed E-state index contributed by atoms with van der Waals surface area (Å²) in [4.78, 5) is 16.8. The minimum atomic E-state index is -4.44. The molecule has 0 unspecified atom stereocenters. The number of amides is 1. The van der Waals surface area contributed by atoms with E-state index in [9.17, 15) is 18.0 Å². The molecule has 4 rings (SSSR count). The smallest absolute Gasteiger partial charge is 0.379 e. The van der Waals surface area contributed by atoms with Crippen LogP contribution in [0.5, 0.6) is 0 Å². The zero-order valence-corrected chi connectivity index (χ0v) is 15.9. The molecule has 0 aliphatic carbocycles. The Labute approximate surface area is 170 Å². The molecule has 30 heavy (non-hydrogen) atoms. The molecule has 2 heterocycles. The van der Waals surface area contributed by atoms with Crippen molar-refractivity contribution in [1.82, 2.24) is 15.4 Å². The highest BCUT2D eigenvalue weighted by molar-refractivity contribution is 6.01. The van der Waals surface area contributed by atoms with E-state index in [4.69, 9.17) is 4.74 Å². The molecule has 1 aromatic heterocycles. The van der Waals surface area contributed by atoms with Gasteiger partial charge in [-0.2, -0.15) is 13.2 Å². The second-order valence-electron chi connectivity index (χ2n) is 6.80. The van der Waals surface area contributed by atoms with Gasteiger partial charge < -0.3 is 10.1 Å². The number of rotatable bonds is 4. The Hall–Kier alpha value is -3.17. The summed E-state index contributed by atoms with van der Waals surface area (Å²) in [6, 6.07) is 12.0. The molecule has 0 spiro atoms. The highest BCUT2D eigenvalue weighted by Gasteiger charge is 2.30. The fraction of sp³-hybridized carbons (Fsp3) is 0.238. The normalized spacial score (nSPS) is 15.2. The van der Waals surface area contributed by atoms with Gasteiger partial charge in [-0.05, 0) is 30.3 Å². The van der Waals surface area contributed by atoms with E-state index in [-0.39, 0.29) is 11.4 Å². The van der Waals surface area contributed by atoms with Crippen molar-refractivity contribution in [3.05, 3.63) is 65.9 Å². The van der Waals surface area contributed by atoms with Crippen molar-refractivity contribution < 1.29 is 22.7 Å². The van der Waals surface area contributed by atoms with Crippen LogP contribution in [0.25, 0.3) is 10.9 Å². The quantitative estimate of drug-likeness (QED) is 0.674. The van der Waals surface area contributed by atoms with E-state index in [0.29, 0.717) is 48.6 Å². The first-order valence-electron chi connectivity index (χ1n) is 9.37.